The molecule has 1 aliphatic heterocycles. The summed E-state index contributed by atoms with van der Waals surface area (Å²) in [6.45, 7) is 3.01. The van der Waals surface area contributed by atoms with Crippen LogP contribution >= 0.6 is 0 Å². The number of hydrogen-bond acceptors (Lipinski definition) is 5. The van der Waals surface area contributed by atoms with Crippen molar-refractivity contribution in [2.45, 2.75) is 50.5 Å². The fourth-order valence-corrected chi connectivity index (χ4v) is 4.84. The number of sulfonamides is 1. The lowest BCUT2D eigenvalue weighted by Crippen LogP contribution is -2.44. The van der Waals surface area contributed by atoms with Crippen LogP contribution in [0.1, 0.15) is 39.0 Å². The lowest BCUT2D eigenvalue weighted by atomic mass is 10.2. The first-order valence-electron chi connectivity index (χ1n) is 10.3. The molecule has 1 aromatic carbocycles. The molecule has 10 heteroatoms. The van der Waals surface area contributed by atoms with Gasteiger partial charge in [-0.25, -0.2) is 17.9 Å². The highest BCUT2D eigenvalue weighted by molar-refractivity contribution is 7.89. The minimum atomic E-state index is -3.77. The summed E-state index contributed by atoms with van der Waals surface area (Å²) in [7, 11) is -2.27. The quantitative estimate of drug-likeness (QED) is 0.720. The van der Waals surface area contributed by atoms with E-state index in [-0.39, 0.29) is 29.3 Å². The zero-order valence-corrected chi connectivity index (χ0v) is 18.2. The zero-order chi connectivity index (χ0) is 21.9. The third-order valence-electron chi connectivity index (χ3n) is 5.43. The molecule has 1 fully saturated rings. The second-order valence-corrected chi connectivity index (χ2v) is 9.37. The van der Waals surface area contributed by atoms with E-state index in [1.807, 2.05) is 6.92 Å². The molecule has 1 aromatic heterocycles. The van der Waals surface area contributed by atoms with Crippen molar-refractivity contribution >= 4 is 26.8 Å². The standard InChI is InChI=1S/C20H28N4O5S/c1-3-10-21-30(28,29)15-8-9-17-16(13-15)19(26)24(20(27)22(17)2)14-18(25)23-11-6-4-5-7-12-23/h8-9,13,21H,3-7,10-12,14H2,1-2H3. The van der Waals surface area contributed by atoms with Crippen LogP contribution in [0.2, 0.25) is 0 Å². The molecule has 164 valence electrons. The summed E-state index contributed by atoms with van der Waals surface area (Å²) in [5.41, 5.74) is -0.947. The molecule has 2 aromatic rings. The Kier molecular flexibility index (Phi) is 6.77. The van der Waals surface area contributed by atoms with Gasteiger partial charge in [0.15, 0.2) is 0 Å². The summed E-state index contributed by atoms with van der Waals surface area (Å²) in [6.07, 6.45) is 4.56. The molecular formula is C20H28N4O5S. The Labute approximate surface area is 175 Å². The average molecular weight is 437 g/mol. The molecule has 9 nitrogen and oxygen atoms in total. The molecule has 2 heterocycles. The topological polar surface area (TPSA) is 110 Å². The molecule has 0 saturated carbocycles. The predicted octanol–water partition coefficient (Wildman–Crippen LogP) is 0.791. The molecule has 0 spiro atoms. The van der Waals surface area contributed by atoms with Gasteiger partial charge in [0, 0.05) is 26.7 Å². The van der Waals surface area contributed by atoms with Gasteiger partial charge in [-0.1, -0.05) is 19.8 Å². The minimum absolute atomic E-state index is 0.0513. The van der Waals surface area contributed by atoms with Gasteiger partial charge < -0.3 is 4.90 Å². The maximum Gasteiger partial charge on any atom is 0.331 e. The van der Waals surface area contributed by atoms with Crippen molar-refractivity contribution in [2.75, 3.05) is 19.6 Å². The maximum absolute atomic E-state index is 13.0. The zero-order valence-electron chi connectivity index (χ0n) is 17.4. The number of fused-ring (bicyclic) bond motifs is 1. The molecule has 1 N–H and O–H groups in total. The number of aromatic nitrogens is 2. The van der Waals surface area contributed by atoms with Crippen LogP contribution in [-0.4, -0.2) is 48.0 Å². The van der Waals surface area contributed by atoms with E-state index in [0.29, 0.717) is 25.0 Å². The van der Waals surface area contributed by atoms with Crippen molar-refractivity contribution in [3.63, 3.8) is 0 Å². The van der Waals surface area contributed by atoms with E-state index in [9.17, 15) is 22.8 Å². The molecule has 0 bridgehead atoms. The molecule has 1 saturated heterocycles. The largest absolute Gasteiger partial charge is 0.341 e. The van der Waals surface area contributed by atoms with Crippen LogP contribution in [0.4, 0.5) is 0 Å². The fraction of sp³-hybridized carbons (Fsp3) is 0.550. The first kappa shape index (κ1) is 22.2. The summed E-state index contributed by atoms with van der Waals surface area (Å²) in [4.78, 5) is 40.2. The molecule has 0 unspecified atom stereocenters. The smallest absolute Gasteiger partial charge is 0.331 e. The van der Waals surface area contributed by atoms with E-state index in [1.54, 1.807) is 4.90 Å². The highest BCUT2D eigenvalue weighted by Gasteiger charge is 2.21. The number of hydrogen-bond donors (Lipinski definition) is 1. The lowest BCUT2D eigenvalue weighted by Gasteiger charge is -2.21. The number of benzene rings is 1. The number of rotatable bonds is 6. The van der Waals surface area contributed by atoms with E-state index in [4.69, 9.17) is 0 Å². The fourth-order valence-electron chi connectivity index (χ4n) is 3.68. The van der Waals surface area contributed by atoms with Crippen LogP contribution < -0.4 is 16.0 Å². The highest BCUT2D eigenvalue weighted by atomic mass is 32.2. The molecule has 30 heavy (non-hydrogen) atoms. The van der Waals surface area contributed by atoms with E-state index >= 15 is 0 Å². The third kappa shape index (κ3) is 4.49. The van der Waals surface area contributed by atoms with Crippen molar-refractivity contribution < 1.29 is 13.2 Å². The number of amides is 1. The van der Waals surface area contributed by atoms with E-state index in [1.165, 1.54) is 29.8 Å². The van der Waals surface area contributed by atoms with Crippen LogP contribution in [0.5, 0.6) is 0 Å². The monoisotopic (exact) mass is 436 g/mol. The van der Waals surface area contributed by atoms with Gasteiger partial charge in [-0.15, -0.1) is 0 Å². The van der Waals surface area contributed by atoms with Crippen molar-refractivity contribution in [3.8, 4) is 0 Å². The van der Waals surface area contributed by atoms with Gasteiger partial charge in [0.05, 0.1) is 15.8 Å². The van der Waals surface area contributed by atoms with Gasteiger partial charge in [-0.05, 0) is 37.5 Å². The third-order valence-corrected chi connectivity index (χ3v) is 6.89. The van der Waals surface area contributed by atoms with Crippen molar-refractivity contribution in [1.29, 1.82) is 0 Å². The first-order valence-corrected chi connectivity index (χ1v) is 11.8. The SMILES string of the molecule is CCCNS(=O)(=O)c1ccc2c(c1)c(=O)n(CC(=O)N1CCCCCC1)c(=O)n2C. The summed E-state index contributed by atoms with van der Waals surface area (Å²) < 4.78 is 29.5. The number of carbonyl (C=O) groups excluding carboxylic acids is 1. The minimum Gasteiger partial charge on any atom is -0.341 e. The Morgan fingerprint density at radius 3 is 2.40 bits per heavy atom. The van der Waals surface area contributed by atoms with Gasteiger partial charge in [-0.3, -0.25) is 18.7 Å². The van der Waals surface area contributed by atoms with Gasteiger partial charge in [0.2, 0.25) is 15.9 Å². The normalized spacial score (nSPS) is 15.3. The molecule has 0 aliphatic carbocycles. The van der Waals surface area contributed by atoms with Gasteiger partial charge in [0.1, 0.15) is 6.54 Å². The molecule has 0 radical (unpaired) electrons. The van der Waals surface area contributed by atoms with Crippen LogP contribution in [0.15, 0.2) is 32.7 Å². The van der Waals surface area contributed by atoms with Gasteiger partial charge >= 0.3 is 5.69 Å². The van der Waals surface area contributed by atoms with Crippen molar-refractivity contribution in [2.24, 2.45) is 7.05 Å². The van der Waals surface area contributed by atoms with Crippen LogP contribution in [0.3, 0.4) is 0 Å². The van der Waals surface area contributed by atoms with Crippen molar-refractivity contribution in [1.82, 2.24) is 18.8 Å². The lowest BCUT2D eigenvalue weighted by molar-refractivity contribution is -0.131. The Hall–Kier alpha value is -2.46. The molecule has 0 atom stereocenters. The summed E-state index contributed by atoms with van der Waals surface area (Å²) >= 11 is 0. The number of likely N-dealkylation sites (tertiary alicyclic amines) is 1. The number of aryl methyl sites for hydroxylation is 1. The number of carbonyl (C=O) groups is 1. The highest BCUT2D eigenvalue weighted by Crippen LogP contribution is 2.16. The second kappa shape index (κ2) is 9.13. The summed E-state index contributed by atoms with van der Waals surface area (Å²) in [6, 6.07) is 4.08. The van der Waals surface area contributed by atoms with Gasteiger partial charge in [0.25, 0.3) is 5.56 Å². The number of nitrogens with one attached hydrogen (secondary N) is 1. The Balaban J connectivity index is 2.04. The predicted molar refractivity (Wildman–Crippen MR) is 114 cm³/mol. The Morgan fingerprint density at radius 2 is 1.77 bits per heavy atom. The Bertz CT molecular complexity index is 1160. The summed E-state index contributed by atoms with van der Waals surface area (Å²) in [5.74, 6) is -0.274. The first-order chi connectivity index (χ1) is 14.3. The molecule has 1 amide bonds. The van der Waals surface area contributed by atoms with Crippen LogP contribution in [0.25, 0.3) is 10.9 Å². The molecular weight excluding hydrogens is 408 g/mol. The Morgan fingerprint density at radius 1 is 1.10 bits per heavy atom. The molecule has 1 aliphatic rings. The van der Waals surface area contributed by atoms with Gasteiger partial charge in [-0.2, -0.15) is 0 Å². The van der Waals surface area contributed by atoms with E-state index in [2.05, 4.69) is 4.72 Å². The van der Waals surface area contributed by atoms with Crippen LogP contribution in [-0.2, 0) is 28.4 Å². The second-order valence-electron chi connectivity index (χ2n) is 7.60. The van der Waals surface area contributed by atoms with E-state index < -0.39 is 21.3 Å². The van der Waals surface area contributed by atoms with Crippen LogP contribution in [0, 0.1) is 0 Å². The number of nitrogens with zero attached hydrogens (tertiary/aromatic N) is 3. The van der Waals surface area contributed by atoms with E-state index in [0.717, 1.165) is 30.3 Å². The average Bonchev–Trinajstić information content (AvgIpc) is 3.03. The summed E-state index contributed by atoms with van der Waals surface area (Å²) in [5, 5.41) is 0.0835. The van der Waals surface area contributed by atoms with Crippen molar-refractivity contribution in [3.05, 3.63) is 39.0 Å². The maximum atomic E-state index is 13.0. The molecule has 3 rings (SSSR count).